The molecule has 25 heavy (non-hydrogen) atoms. The second-order valence-electron chi connectivity index (χ2n) is 6.47. The first-order valence-electron chi connectivity index (χ1n) is 8.33. The second kappa shape index (κ2) is 6.33. The largest absolute Gasteiger partial charge is 0.378 e. The van der Waals surface area contributed by atoms with Crippen LogP contribution in [-0.4, -0.2) is 37.4 Å². The smallest absolute Gasteiger partial charge is 0.264 e. The van der Waals surface area contributed by atoms with Crippen LogP contribution in [0.15, 0.2) is 48.5 Å². The number of nitrogens with zero attached hydrogens (tertiary/aromatic N) is 2. The zero-order valence-electron chi connectivity index (χ0n) is 14.7. The first-order chi connectivity index (χ1) is 11.9. The molecule has 0 saturated carbocycles. The number of para-hydroxylation sites is 1. The van der Waals surface area contributed by atoms with Crippen LogP contribution in [0, 0.1) is 0 Å². The van der Waals surface area contributed by atoms with Crippen molar-refractivity contribution in [1.82, 2.24) is 0 Å². The van der Waals surface area contributed by atoms with Crippen LogP contribution < -0.4 is 9.80 Å². The summed E-state index contributed by atoms with van der Waals surface area (Å²) in [7, 11) is 3.85. The molecule has 0 aromatic heterocycles. The van der Waals surface area contributed by atoms with E-state index in [9.17, 15) is 14.7 Å². The number of hydrogen-bond acceptors (Lipinski definition) is 4. The van der Waals surface area contributed by atoms with Gasteiger partial charge in [0.25, 0.3) is 5.91 Å². The molecule has 1 atom stereocenters. The summed E-state index contributed by atoms with van der Waals surface area (Å²) in [5.74, 6) is -0.691. The lowest BCUT2D eigenvalue weighted by atomic mass is 9.88. The molecule has 0 radical (unpaired) electrons. The number of anilines is 2. The quantitative estimate of drug-likeness (QED) is 0.851. The molecule has 2 aromatic rings. The number of carbonyl (C=O) groups excluding carboxylic acids is 2. The minimum absolute atomic E-state index is 0.256. The molecule has 1 aliphatic heterocycles. The molecule has 0 bridgehead atoms. The van der Waals surface area contributed by atoms with Crippen molar-refractivity contribution in [2.75, 3.05) is 30.4 Å². The Hall–Kier alpha value is -2.66. The van der Waals surface area contributed by atoms with Crippen LogP contribution in [0.3, 0.4) is 0 Å². The van der Waals surface area contributed by atoms with Gasteiger partial charge < -0.3 is 14.9 Å². The number of amides is 1. The highest BCUT2D eigenvalue weighted by Crippen LogP contribution is 2.42. The zero-order chi connectivity index (χ0) is 18.2. The lowest BCUT2D eigenvalue weighted by Gasteiger charge is -2.22. The van der Waals surface area contributed by atoms with E-state index in [-0.39, 0.29) is 12.2 Å². The summed E-state index contributed by atoms with van der Waals surface area (Å²) in [5.41, 5.74) is 0.839. The predicted octanol–water partition coefficient (Wildman–Crippen LogP) is 2.58. The molecule has 0 saturated heterocycles. The maximum atomic E-state index is 12.7. The van der Waals surface area contributed by atoms with Crippen molar-refractivity contribution in [3.8, 4) is 0 Å². The lowest BCUT2D eigenvalue weighted by molar-refractivity contribution is -0.135. The van der Waals surface area contributed by atoms with Crippen molar-refractivity contribution >= 4 is 23.1 Å². The monoisotopic (exact) mass is 338 g/mol. The molecule has 5 heteroatoms. The Morgan fingerprint density at radius 1 is 1.12 bits per heavy atom. The topological polar surface area (TPSA) is 60.9 Å². The summed E-state index contributed by atoms with van der Waals surface area (Å²) < 4.78 is 0. The van der Waals surface area contributed by atoms with Crippen LogP contribution in [-0.2, 0) is 10.4 Å². The van der Waals surface area contributed by atoms with Crippen molar-refractivity contribution in [2.24, 2.45) is 0 Å². The van der Waals surface area contributed by atoms with Crippen LogP contribution >= 0.6 is 0 Å². The normalized spacial score (nSPS) is 19.0. The number of hydrogen-bond donors (Lipinski definition) is 1. The average molecular weight is 338 g/mol. The molecule has 130 valence electrons. The minimum atomic E-state index is -1.80. The summed E-state index contributed by atoms with van der Waals surface area (Å²) in [6, 6.07) is 14.2. The van der Waals surface area contributed by atoms with E-state index >= 15 is 0 Å². The predicted molar refractivity (Wildman–Crippen MR) is 98.1 cm³/mol. The van der Waals surface area contributed by atoms with Crippen LogP contribution in [0.25, 0.3) is 0 Å². The summed E-state index contributed by atoms with van der Waals surface area (Å²) in [6.07, 6.45) is -0.263. The Morgan fingerprint density at radius 3 is 2.36 bits per heavy atom. The Labute approximate surface area is 147 Å². The van der Waals surface area contributed by atoms with Gasteiger partial charge in [0.15, 0.2) is 11.4 Å². The fraction of sp³-hybridized carbons (Fsp3) is 0.300. The molecule has 1 amide bonds. The highest BCUT2D eigenvalue weighted by molar-refractivity contribution is 6.10. The molecule has 2 aromatic carbocycles. The maximum Gasteiger partial charge on any atom is 0.264 e. The fourth-order valence-electron chi connectivity index (χ4n) is 3.27. The van der Waals surface area contributed by atoms with Crippen molar-refractivity contribution in [2.45, 2.75) is 18.9 Å². The fourth-order valence-corrected chi connectivity index (χ4v) is 3.27. The summed E-state index contributed by atoms with van der Waals surface area (Å²) in [4.78, 5) is 28.9. The summed E-state index contributed by atoms with van der Waals surface area (Å²) in [6.45, 7) is 2.30. The Morgan fingerprint density at radius 2 is 1.76 bits per heavy atom. The van der Waals surface area contributed by atoms with E-state index < -0.39 is 11.5 Å². The van der Waals surface area contributed by atoms with E-state index in [1.165, 1.54) is 4.90 Å². The number of benzene rings is 2. The summed E-state index contributed by atoms with van der Waals surface area (Å²) in [5, 5.41) is 11.1. The maximum absolute atomic E-state index is 12.7. The first-order valence-corrected chi connectivity index (χ1v) is 8.33. The van der Waals surface area contributed by atoms with E-state index in [0.29, 0.717) is 23.4 Å². The molecular weight excluding hydrogens is 316 g/mol. The van der Waals surface area contributed by atoms with Crippen molar-refractivity contribution < 1.29 is 14.7 Å². The van der Waals surface area contributed by atoms with Gasteiger partial charge in [0.2, 0.25) is 0 Å². The van der Waals surface area contributed by atoms with Gasteiger partial charge in [-0.2, -0.15) is 0 Å². The average Bonchev–Trinajstić information content (AvgIpc) is 2.82. The molecule has 3 rings (SSSR count). The number of likely N-dealkylation sites (N-methyl/N-ethyl adjacent to an activating group) is 1. The Bertz CT molecular complexity index is 814. The number of carbonyl (C=O) groups is 2. The number of fused-ring (bicyclic) bond motifs is 1. The molecular formula is C20H22N2O3. The molecule has 1 N–H and O–H groups in total. The molecule has 0 unspecified atom stereocenters. The molecule has 0 aliphatic carbocycles. The third-order valence-electron chi connectivity index (χ3n) is 4.68. The number of Topliss-reactive ketones (excluding diaryl/α,β-unsaturated/α-hetero) is 1. The molecule has 1 heterocycles. The van der Waals surface area contributed by atoms with E-state index in [4.69, 9.17) is 0 Å². The van der Waals surface area contributed by atoms with Gasteiger partial charge in [0.1, 0.15) is 0 Å². The molecule has 5 nitrogen and oxygen atoms in total. The number of ketones is 1. The van der Waals surface area contributed by atoms with Gasteiger partial charge in [0.05, 0.1) is 12.1 Å². The SMILES string of the molecule is CCN1C(=O)[C@](O)(CC(=O)c2ccc(N(C)C)cc2)c2ccccc21. The van der Waals surface area contributed by atoms with E-state index in [2.05, 4.69) is 0 Å². The highest BCUT2D eigenvalue weighted by atomic mass is 16.3. The van der Waals surface area contributed by atoms with Crippen LogP contribution in [0.1, 0.15) is 29.3 Å². The Kier molecular flexibility index (Phi) is 4.35. The summed E-state index contributed by atoms with van der Waals surface area (Å²) >= 11 is 0. The minimum Gasteiger partial charge on any atom is -0.378 e. The van der Waals surface area contributed by atoms with Gasteiger partial charge in [-0.3, -0.25) is 9.59 Å². The van der Waals surface area contributed by atoms with E-state index in [1.807, 2.05) is 44.1 Å². The van der Waals surface area contributed by atoms with E-state index in [1.54, 1.807) is 30.3 Å². The van der Waals surface area contributed by atoms with Crippen molar-refractivity contribution in [1.29, 1.82) is 0 Å². The zero-order valence-corrected chi connectivity index (χ0v) is 14.7. The van der Waals surface area contributed by atoms with E-state index in [0.717, 1.165) is 5.69 Å². The van der Waals surface area contributed by atoms with Gasteiger partial charge in [-0.25, -0.2) is 0 Å². The van der Waals surface area contributed by atoms with Crippen LogP contribution in [0.4, 0.5) is 11.4 Å². The van der Waals surface area contributed by atoms with Gasteiger partial charge >= 0.3 is 0 Å². The van der Waals surface area contributed by atoms with Crippen molar-refractivity contribution in [3.63, 3.8) is 0 Å². The Balaban J connectivity index is 1.91. The molecule has 0 fully saturated rings. The van der Waals surface area contributed by atoms with Crippen LogP contribution in [0.2, 0.25) is 0 Å². The standard InChI is InChI=1S/C20H22N2O3/c1-4-22-17-8-6-5-7-16(17)20(25,19(22)24)13-18(23)14-9-11-15(12-10-14)21(2)3/h5-12,25H,4,13H2,1-3H3/t20-/m0/s1. The van der Waals surface area contributed by atoms with Crippen LogP contribution in [0.5, 0.6) is 0 Å². The lowest BCUT2D eigenvalue weighted by Crippen LogP contribution is -2.41. The third kappa shape index (κ3) is 2.81. The third-order valence-corrected chi connectivity index (χ3v) is 4.68. The second-order valence-corrected chi connectivity index (χ2v) is 6.47. The van der Waals surface area contributed by atoms with Gasteiger partial charge in [-0.15, -0.1) is 0 Å². The highest BCUT2D eigenvalue weighted by Gasteiger charge is 2.50. The number of aliphatic hydroxyl groups is 1. The van der Waals surface area contributed by atoms with Gasteiger partial charge in [0, 0.05) is 37.5 Å². The van der Waals surface area contributed by atoms with Gasteiger partial charge in [-0.05, 0) is 37.3 Å². The number of rotatable bonds is 5. The first kappa shape index (κ1) is 17.2. The van der Waals surface area contributed by atoms with Gasteiger partial charge in [-0.1, -0.05) is 18.2 Å². The molecule has 1 aliphatic rings. The van der Waals surface area contributed by atoms with Crippen molar-refractivity contribution in [3.05, 3.63) is 59.7 Å². The molecule has 0 spiro atoms.